The molecule has 2 heterocycles. The molecule has 1 aromatic carbocycles. The van der Waals surface area contributed by atoms with Crippen molar-refractivity contribution in [2.75, 3.05) is 11.9 Å². The number of hydrogen-bond acceptors (Lipinski definition) is 3. The first kappa shape index (κ1) is 12.4. The molecule has 0 aliphatic heterocycles. The van der Waals surface area contributed by atoms with E-state index < -0.39 is 0 Å². The summed E-state index contributed by atoms with van der Waals surface area (Å²) >= 11 is 0. The third kappa shape index (κ3) is 2.54. The number of pyridine rings is 1. The zero-order valence-corrected chi connectivity index (χ0v) is 11.0. The zero-order chi connectivity index (χ0) is 13.8. The second-order valence-corrected chi connectivity index (χ2v) is 4.57. The highest BCUT2D eigenvalue weighted by atomic mass is 16.1. The van der Waals surface area contributed by atoms with Crippen molar-refractivity contribution in [1.29, 1.82) is 0 Å². The van der Waals surface area contributed by atoms with Crippen LogP contribution in [0.3, 0.4) is 0 Å². The van der Waals surface area contributed by atoms with Crippen LogP contribution in [0.2, 0.25) is 0 Å². The van der Waals surface area contributed by atoms with Crippen LogP contribution >= 0.6 is 0 Å². The maximum absolute atomic E-state index is 12.2. The van der Waals surface area contributed by atoms with Gasteiger partial charge >= 0.3 is 0 Å². The summed E-state index contributed by atoms with van der Waals surface area (Å²) in [6.45, 7) is 0.708. The summed E-state index contributed by atoms with van der Waals surface area (Å²) in [7, 11) is 0. The fraction of sp³-hybridized carbons (Fsp3) is 0.125. The minimum atomic E-state index is -0.0661. The first-order valence-electron chi connectivity index (χ1n) is 6.59. The average molecular weight is 265 g/mol. The summed E-state index contributed by atoms with van der Waals surface area (Å²) in [6, 6.07) is 15.7. The van der Waals surface area contributed by atoms with Crippen molar-refractivity contribution in [2.24, 2.45) is 0 Å². The molecule has 0 amide bonds. The van der Waals surface area contributed by atoms with Crippen molar-refractivity contribution in [3.05, 3.63) is 76.8 Å². The highest BCUT2D eigenvalue weighted by molar-refractivity contribution is 5.46. The van der Waals surface area contributed by atoms with E-state index in [1.807, 2.05) is 36.4 Å². The van der Waals surface area contributed by atoms with E-state index in [4.69, 9.17) is 0 Å². The Kier molecular flexibility index (Phi) is 3.46. The summed E-state index contributed by atoms with van der Waals surface area (Å²) in [5.41, 5.74) is 2.37. The lowest BCUT2D eigenvalue weighted by Gasteiger charge is -2.07. The number of aromatic nitrogens is 2. The smallest absolute Gasteiger partial charge is 0.281 e. The molecule has 0 saturated heterocycles. The van der Waals surface area contributed by atoms with E-state index in [0.717, 1.165) is 6.42 Å². The monoisotopic (exact) mass is 265 g/mol. The number of nitrogens with one attached hydrogen (secondary N) is 1. The van der Waals surface area contributed by atoms with Gasteiger partial charge in [0.15, 0.2) is 0 Å². The maximum atomic E-state index is 12.2. The lowest BCUT2D eigenvalue weighted by Crippen LogP contribution is -2.20. The van der Waals surface area contributed by atoms with Crippen LogP contribution in [-0.2, 0) is 6.42 Å². The SMILES string of the molecule is O=c1c(NCCc2ccccc2)cnc2ccccn12. The summed E-state index contributed by atoms with van der Waals surface area (Å²) in [4.78, 5) is 16.5. The molecule has 4 nitrogen and oxygen atoms in total. The zero-order valence-electron chi connectivity index (χ0n) is 11.0. The average Bonchev–Trinajstić information content (AvgIpc) is 2.51. The molecule has 2 aromatic heterocycles. The Hall–Kier alpha value is -2.62. The minimum absolute atomic E-state index is 0.0661. The molecule has 3 aromatic rings. The third-order valence-electron chi connectivity index (χ3n) is 3.19. The van der Waals surface area contributed by atoms with Gasteiger partial charge in [0.1, 0.15) is 11.3 Å². The highest BCUT2D eigenvalue weighted by Crippen LogP contribution is 2.03. The Balaban J connectivity index is 1.75. The van der Waals surface area contributed by atoms with Gasteiger partial charge in [-0.05, 0) is 24.1 Å². The summed E-state index contributed by atoms with van der Waals surface area (Å²) < 4.78 is 1.55. The van der Waals surface area contributed by atoms with Gasteiger partial charge in [-0.1, -0.05) is 36.4 Å². The van der Waals surface area contributed by atoms with Crippen LogP contribution in [0.15, 0.2) is 65.7 Å². The molecule has 0 atom stereocenters. The van der Waals surface area contributed by atoms with Gasteiger partial charge in [-0.25, -0.2) is 4.98 Å². The van der Waals surface area contributed by atoms with E-state index in [1.165, 1.54) is 5.56 Å². The highest BCUT2D eigenvalue weighted by Gasteiger charge is 2.03. The summed E-state index contributed by atoms with van der Waals surface area (Å²) in [6.07, 6.45) is 4.20. The topological polar surface area (TPSA) is 46.4 Å². The molecular formula is C16H15N3O. The van der Waals surface area contributed by atoms with Gasteiger partial charge in [0.2, 0.25) is 0 Å². The van der Waals surface area contributed by atoms with Gasteiger partial charge in [0, 0.05) is 12.7 Å². The molecule has 0 aliphatic rings. The second-order valence-electron chi connectivity index (χ2n) is 4.57. The van der Waals surface area contributed by atoms with E-state index in [9.17, 15) is 4.79 Å². The van der Waals surface area contributed by atoms with E-state index in [1.54, 1.807) is 16.8 Å². The number of fused-ring (bicyclic) bond motifs is 1. The van der Waals surface area contributed by atoms with Gasteiger partial charge in [0.05, 0.1) is 6.20 Å². The van der Waals surface area contributed by atoms with E-state index in [0.29, 0.717) is 17.9 Å². The molecule has 100 valence electrons. The molecular weight excluding hydrogens is 250 g/mol. The van der Waals surface area contributed by atoms with Crippen molar-refractivity contribution >= 4 is 11.3 Å². The predicted octanol–water partition coefficient (Wildman–Crippen LogP) is 2.35. The van der Waals surface area contributed by atoms with Gasteiger partial charge in [-0.15, -0.1) is 0 Å². The van der Waals surface area contributed by atoms with Crippen molar-refractivity contribution in [2.45, 2.75) is 6.42 Å². The summed E-state index contributed by atoms with van der Waals surface area (Å²) in [5.74, 6) is 0. The summed E-state index contributed by atoms with van der Waals surface area (Å²) in [5, 5.41) is 3.16. The number of benzene rings is 1. The van der Waals surface area contributed by atoms with Crippen molar-refractivity contribution in [3.63, 3.8) is 0 Å². The van der Waals surface area contributed by atoms with E-state index in [2.05, 4.69) is 22.4 Å². The molecule has 3 rings (SSSR count). The molecule has 0 fully saturated rings. The standard InChI is InChI=1S/C16H15N3O/c20-16-14(12-18-15-8-4-5-11-19(15)16)17-10-9-13-6-2-1-3-7-13/h1-8,11-12,17H,9-10H2. The Morgan fingerprint density at radius 1 is 1.05 bits per heavy atom. The maximum Gasteiger partial charge on any atom is 0.281 e. The van der Waals surface area contributed by atoms with Gasteiger partial charge < -0.3 is 5.32 Å². The van der Waals surface area contributed by atoms with Crippen LogP contribution in [-0.4, -0.2) is 15.9 Å². The molecule has 1 N–H and O–H groups in total. The van der Waals surface area contributed by atoms with Gasteiger partial charge in [0.25, 0.3) is 5.56 Å². The Morgan fingerprint density at radius 3 is 2.70 bits per heavy atom. The predicted molar refractivity (Wildman–Crippen MR) is 80.1 cm³/mol. The molecule has 0 aliphatic carbocycles. The molecule has 4 heteroatoms. The quantitative estimate of drug-likeness (QED) is 0.787. The van der Waals surface area contributed by atoms with E-state index in [-0.39, 0.29) is 5.56 Å². The molecule has 20 heavy (non-hydrogen) atoms. The van der Waals surface area contributed by atoms with Crippen LogP contribution < -0.4 is 10.9 Å². The Labute approximate surface area is 116 Å². The molecule has 0 saturated carbocycles. The molecule has 0 bridgehead atoms. The van der Waals surface area contributed by atoms with Crippen LogP contribution in [0.5, 0.6) is 0 Å². The number of hydrogen-bond donors (Lipinski definition) is 1. The fourth-order valence-corrected chi connectivity index (χ4v) is 2.13. The fourth-order valence-electron chi connectivity index (χ4n) is 2.13. The van der Waals surface area contributed by atoms with Crippen LogP contribution in [0.4, 0.5) is 5.69 Å². The first-order valence-corrected chi connectivity index (χ1v) is 6.59. The first-order chi connectivity index (χ1) is 9.84. The Morgan fingerprint density at radius 2 is 1.85 bits per heavy atom. The second kappa shape index (κ2) is 5.57. The van der Waals surface area contributed by atoms with Crippen molar-refractivity contribution < 1.29 is 0 Å². The largest absolute Gasteiger partial charge is 0.379 e. The molecule has 0 spiro atoms. The van der Waals surface area contributed by atoms with Gasteiger partial charge in [-0.3, -0.25) is 9.20 Å². The lowest BCUT2D eigenvalue weighted by molar-refractivity contribution is 0.987. The number of rotatable bonds is 4. The van der Waals surface area contributed by atoms with Crippen molar-refractivity contribution in [3.8, 4) is 0 Å². The van der Waals surface area contributed by atoms with Crippen molar-refractivity contribution in [1.82, 2.24) is 9.38 Å². The molecule has 0 unspecified atom stereocenters. The third-order valence-corrected chi connectivity index (χ3v) is 3.19. The lowest BCUT2D eigenvalue weighted by atomic mass is 10.1. The van der Waals surface area contributed by atoms with Crippen LogP contribution in [0, 0.1) is 0 Å². The normalized spacial score (nSPS) is 10.6. The minimum Gasteiger partial charge on any atom is -0.379 e. The number of nitrogens with zero attached hydrogens (tertiary/aromatic N) is 2. The Bertz CT molecular complexity index is 765. The number of anilines is 1. The van der Waals surface area contributed by atoms with Gasteiger partial charge in [-0.2, -0.15) is 0 Å². The molecule has 0 radical (unpaired) electrons. The van der Waals surface area contributed by atoms with E-state index >= 15 is 0 Å². The van der Waals surface area contributed by atoms with Crippen LogP contribution in [0.25, 0.3) is 5.65 Å². The van der Waals surface area contributed by atoms with Crippen LogP contribution in [0.1, 0.15) is 5.56 Å².